The first-order valence-corrected chi connectivity index (χ1v) is 5.02. The summed E-state index contributed by atoms with van der Waals surface area (Å²) in [5, 5.41) is 0. The van der Waals surface area contributed by atoms with E-state index >= 15 is 0 Å². The summed E-state index contributed by atoms with van der Waals surface area (Å²) in [5.41, 5.74) is 2.14. The Morgan fingerprint density at radius 3 is 2.21 bits per heavy atom. The zero-order valence-corrected chi connectivity index (χ0v) is 9.69. The van der Waals surface area contributed by atoms with Crippen LogP contribution >= 0.6 is 23.2 Å². The molecule has 0 bridgehead atoms. The van der Waals surface area contributed by atoms with Crippen molar-refractivity contribution >= 4 is 23.2 Å². The van der Waals surface area contributed by atoms with Gasteiger partial charge in [-0.2, -0.15) is 0 Å². The Hall–Kier alpha value is -0.660. The molecule has 0 spiro atoms. The zero-order valence-electron chi connectivity index (χ0n) is 8.18. The van der Waals surface area contributed by atoms with Gasteiger partial charge in [0.15, 0.2) is 0 Å². The van der Waals surface area contributed by atoms with Crippen LogP contribution in [-0.4, -0.2) is 7.11 Å². The van der Waals surface area contributed by atoms with Crippen molar-refractivity contribution < 1.29 is 4.74 Å². The number of hydrogen-bond acceptors (Lipinski definition) is 1. The van der Waals surface area contributed by atoms with E-state index < -0.39 is 0 Å². The van der Waals surface area contributed by atoms with Crippen LogP contribution in [0.15, 0.2) is 34.3 Å². The lowest BCUT2D eigenvalue weighted by atomic mass is 10.1. The predicted molar refractivity (Wildman–Crippen MR) is 61.1 cm³/mol. The quantitative estimate of drug-likeness (QED) is 0.765. The second-order valence-electron chi connectivity index (χ2n) is 3.07. The molecule has 0 aliphatic carbocycles. The minimum Gasteiger partial charge on any atom is -0.497 e. The molecule has 0 unspecified atom stereocenters. The zero-order chi connectivity index (χ0) is 10.6. The lowest BCUT2D eigenvalue weighted by Crippen LogP contribution is -1.88. The topological polar surface area (TPSA) is 9.23 Å². The van der Waals surface area contributed by atoms with Crippen LogP contribution in [0, 0.1) is 0 Å². The molecular formula is C11H12Cl2O. The lowest BCUT2D eigenvalue weighted by Gasteiger charge is -2.03. The summed E-state index contributed by atoms with van der Waals surface area (Å²) in [4.78, 5) is 0. The van der Waals surface area contributed by atoms with Crippen LogP contribution in [0.3, 0.4) is 0 Å². The Labute approximate surface area is 94.3 Å². The van der Waals surface area contributed by atoms with Crippen molar-refractivity contribution in [2.45, 2.75) is 13.3 Å². The van der Waals surface area contributed by atoms with Crippen molar-refractivity contribution in [1.29, 1.82) is 0 Å². The lowest BCUT2D eigenvalue weighted by molar-refractivity contribution is 0.414. The number of ether oxygens (including phenoxy) is 1. The Morgan fingerprint density at radius 1 is 1.21 bits per heavy atom. The summed E-state index contributed by atoms with van der Waals surface area (Å²) in [6.45, 7) is 1.92. The highest BCUT2D eigenvalue weighted by atomic mass is 35.5. The molecule has 0 N–H and O–H groups in total. The van der Waals surface area contributed by atoms with Crippen molar-refractivity contribution in [1.82, 2.24) is 0 Å². The van der Waals surface area contributed by atoms with Gasteiger partial charge in [0, 0.05) is 0 Å². The molecule has 76 valence electrons. The van der Waals surface area contributed by atoms with E-state index in [1.165, 1.54) is 5.56 Å². The number of rotatable bonds is 3. The summed E-state index contributed by atoms with van der Waals surface area (Å²) in [6, 6.07) is 7.84. The fraction of sp³-hybridized carbons (Fsp3) is 0.273. The van der Waals surface area contributed by atoms with Crippen LogP contribution in [0.4, 0.5) is 0 Å². The number of methoxy groups -OCH3 is 1. The first-order valence-electron chi connectivity index (χ1n) is 4.27. The molecule has 0 radical (unpaired) electrons. The number of halogens is 2. The Bertz CT molecular complexity index is 324. The second kappa shape index (κ2) is 5.28. The summed E-state index contributed by atoms with van der Waals surface area (Å²) >= 11 is 11.3. The smallest absolute Gasteiger partial charge is 0.118 e. The van der Waals surface area contributed by atoms with Crippen molar-refractivity contribution in [3.05, 3.63) is 39.9 Å². The molecule has 0 saturated carbocycles. The normalized spacial score (nSPS) is 9.71. The van der Waals surface area contributed by atoms with Crippen LogP contribution in [0.5, 0.6) is 5.75 Å². The third-order valence-electron chi connectivity index (χ3n) is 1.95. The van der Waals surface area contributed by atoms with Gasteiger partial charge >= 0.3 is 0 Å². The van der Waals surface area contributed by atoms with Crippen LogP contribution in [0.2, 0.25) is 0 Å². The summed E-state index contributed by atoms with van der Waals surface area (Å²) in [5.74, 6) is 0.854. The summed E-state index contributed by atoms with van der Waals surface area (Å²) in [6.07, 6.45) is 0.770. The molecule has 0 amide bonds. The highest BCUT2D eigenvalue weighted by molar-refractivity contribution is 6.56. The number of benzene rings is 1. The maximum absolute atomic E-state index is 5.66. The average molecular weight is 231 g/mol. The Balaban J connectivity index is 2.74. The molecule has 1 nitrogen and oxygen atoms in total. The predicted octanol–water partition coefficient (Wildman–Crippen LogP) is 3.95. The van der Waals surface area contributed by atoms with Gasteiger partial charge in [0.2, 0.25) is 0 Å². The molecule has 0 aromatic heterocycles. The third-order valence-corrected chi connectivity index (χ3v) is 2.60. The molecular weight excluding hydrogens is 219 g/mol. The minimum absolute atomic E-state index is 0.348. The van der Waals surface area contributed by atoms with Gasteiger partial charge < -0.3 is 4.74 Å². The van der Waals surface area contributed by atoms with Crippen LogP contribution in [-0.2, 0) is 6.42 Å². The molecule has 1 aromatic rings. The molecule has 0 aliphatic rings. The molecule has 0 fully saturated rings. The average Bonchev–Trinajstić information content (AvgIpc) is 2.19. The minimum atomic E-state index is 0.348. The first kappa shape index (κ1) is 11.4. The van der Waals surface area contributed by atoms with Crippen LogP contribution < -0.4 is 4.74 Å². The van der Waals surface area contributed by atoms with E-state index in [0.717, 1.165) is 17.7 Å². The third kappa shape index (κ3) is 3.24. The molecule has 14 heavy (non-hydrogen) atoms. The molecule has 0 saturated heterocycles. The molecule has 0 heterocycles. The van der Waals surface area contributed by atoms with Gasteiger partial charge in [0.1, 0.15) is 10.2 Å². The fourth-order valence-electron chi connectivity index (χ4n) is 1.12. The monoisotopic (exact) mass is 230 g/mol. The van der Waals surface area contributed by atoms with Crippen molar-refractivity contribution in [3.63, 3.8) is 0 Å². The van der Waals surface area contributed by atoms with Gasteiger partial charge in [-0.15, -0.1) is 0 Å². The second-order valence-corrected chi connectivity index (χ2v) is 4.01. The van der Waals surface area contributed by atoms with E-state index in [9.17, 15) is 0 Å². The molecule has 1 rings (SSSR count). The molecule has 0 aliphatic heterocycles. The van der Waals surface area contributed by atoms with Crippen LogP contribution in [0.25, 0.3) is 0 Å². The van der Waals surface area contributed by atoms with E-state index in [2.05, 4.69) is 0 Å². The largest absolute Gasteiger partial charge is 0.497 e. The summed E-state index contributed by atoms with van der Waals surface area (Å²) < 4.78 is 5.41. The van der Waals surface area contributed by atoms with E-state index in [0.29, 0.717) is 4.49 Å². The van der Waals surface area contributed by atoms with Crippen LogP contribution in [0.1, 0.15) is 12.5 Å². The van der Waals surface area contributed by atoms with Gasteiger partial charge in [-0.05, 0) is 36.6 Å². The Morgan fingerprint density at radius 2 is 1.79 bits per heavy atom. The van der Waals surface area contributed by atoms with Crippen molar-refractivity contribution in [3.8, 4) is 5.75 Å². The first-order chi connectivity index (χ1) is 6.63. The number of allylic oxidation sites excluding steroid dienone is 1. The standard InChI is InChI=1S/C11H12Cl2O/c1-8(11(12)13)7-9-3-5-10(14-2)6-4-9/h3-6H,7H2,1-2H3. The SMILES string of the molecule is COc1ccc(CC(C)=C(Cl)Cl)cc1. The van der Waals surface area contributed by atoms with Gasteiger partial charge in [0.25, 0.3) is 0 Å². The van der Waals surface area contributed by atoms with Crippen molar-refractivity contribution in [2.24, 2.45) is 0 Å². The van der Waals surface area contributed by atoms with E-state index in [1.807, 2.05) is 31.2 Å². The van der Waals surface area contributed by atoms with Gasteiger partial charge in [0.05, 0.1) is 7.11 Å². The van der Waals surface area contributed by atoms with Gasteiger partial charge in [-0.1, -0.05) is 35.3 Å². The number of hydrogen-bond donors (Lipinski definition) is 0. The molecule has 0 atom stereocenters. The molecule has 3 heteroatoms. The maximum atomic E-state index is 5.66. The fourth-order valence-corrected chi connectivity index (χ4v) is 1.25. The van der Waals surface area contributed by atoms with E-state index in [1.54, 1.807) is 7.11 Å². The maximum Gasteiger partial charge on any atom is 0.118 e. The van der Waals surface area contributed by atoms with Crippen molar-refractivity contribution in [2.75, 3.05) is 7.11 Å². The highest BCUT2D eigenvalue weighted by Gasteiger charge is 1.99. The van der Waals surface area contributed by atoms with Gasteiger partial charge in [-0.3, -0.25) is 0 Å². The van der Waals surface area contributed by atoms with E-state index in [4.69, 9.17) is 27.9 Å². The Kier molecular flexibility index (Phi) is 4.30. The summed E-state index contributed by atoms with van der Waals surface area (Å²) in [7, 11) is 1.65. The highest BCUT2D eigenvalue weighted by Crippen LogP contribution is 2.19. The molecule has 1 aromatic carbocycles. The van der Waals surface area contributed by atoms with Gasteiger partial charge in [-0.25, -0.2) is 0 Å². The van der Waals surface area contributed by atoms with E-state index in [-0.39, 0.29) is 0 Å².